The number of thiocarbonyl (C=S) groups is 1. The topological polar surface area (TPSA) is 12.4 Å². The van der Waals surface area contributed by atoms with Crippen molar-refractivity contribution >= 4 is 34.7 Å². The molecule has 0 aliphatic rings. The monoisotopic (exact) mass is 443 g/mol. The average Bonchev–Trinajstić information content (AvgIpc) is 2.79. The molecule has 0 saturated heterocycles. The van der Waals surface area contributed by atoms with Crippen LogP contribution in [0.4, 0.5) is 5.69 Å². The fraction of sp³-hybridized carbons (Fsp3) is 0.250. The van der Waals surface area contributed by atoms with E-state index in [2.05, 4.69) is 89.7 Å². The first-order valence-corrected chi connectivity index (χ1v) is 11.5. The zero-order chi connectivity index (χ0) is 22.1. The minimum atomic E-state index is 0.533. The molecule has 156 valence electrons. The van der Waals surface area contributed by atoms with E-state index < -0.39 is 0 Å². The second-order valence-corrected chi connectivity index (χ2v) is 8.25. The van der Waals surface area contributed by atoms with Crippen molar-refractivity contribution in [1.82, 2.24) is 0 Å². The fourth-order valence-electron chi connectivity index (χ4n) is 3.51. The van der Waals surface area contributed by atoms with Crippen LogP contribution in [0.15, 0.2) is 65.7 Å². The van der Waals surface area contributed by atoms with Crippen LogP contribution >= 0.6 is 23.8 Å². The predicted molar refractivity (Wildman–Crippen MR) is 137 cm³/mol. The molecular formula is C28H26ClNS. The highest BCUT2D eigenvalue weighted by atomic mass is 35.5. The summed E-state index contributed by atoms with van der Waals surface area (Å²) in [7, 11) is 0. The van der Waals surface area contributed by atoms with Crippen molar-refractivity contribution in [1.29, 1.82) is 0 Å². The van der Waals surface area contributed by atoms with Gasteiger partial charge in [0.1, 0.15) is 0 Å². The van der Waals surface area contributed by atoms with Gasteiger partial charge in [0.25, 0.3) is 0 Å². The molecule has 3 rings (SSSR count). The van der Waals surface area contributed by atoms with E-state index in [1.54, 1.807) is 0 Å². The molecule has 0 radical (unpaired) electrons. The Morgan fingerprint density at radius 2 is 1.48 bits per heavy atom. The third-order valence-corrected chi connectivity index (χ3v) is 5.63. The van der Waals surface area contributed by atoms with Crippen LogP contribution in [0, 0.1) is 18.8 Å². The molecule has 1 nitrogen and oxygen atoms in total. The highest BCUT2D eigenvalue weighted by Crippen LogP contribution is 2.29. The Morgan fingerprint density at radius 3 is 2.10 bits per heavy atom. The van der Waals surface area contributed by atoms with E-state index >= 15 is 0 Å². The molecule has 31 heavy (non-hydrogen) atoms. The molecule has 0 spiro atoms. The van der Waals surface area contributed by atoms with Crippen LogP contribution in [0.2, 0.25) is 5.02 Å². The van der Waals surface area contributed by atoms with E-state index in [9.17, 15) is 0 Å². The van der Waals surface area contributed by atoms with Gasteiger partial charge in [-0.1, -0.05) is 86.0 Å². The third kappa shape index (κ3) is 6.65. The number of isothiocyanates is 1. The Bertz CT molecular complexity index is 1110. The van der Waals surface area contributed by atoms with Gasteiger partial charge >= 0.3 is 0 Å². The summed E-state index contributed by atoms with van der Waals surface area (Å²) in [6.07, 6.45) is 6.36. The molecule has 0 aliphatic heterocycles. The van der Waals surface area contributed by atoms with Gasteiger partial charge in [0.2, 0.25) is 0 Å². The summed E-state index contributed by atoms with van der Waals surface area (Å²) >= 11 is 11.0. The second kappa shape index (κ2) is 11.6. The van der Waals surface area contributed by atoms with Crippen LogP contribution in [-0.2, 0) is 6.42 Å². The van der Waals surface area contributed by atoms with Gasteiger partial charge < -0.3 is 0 Å². The van der Waals surface area contributed by atoms with Gasteiger partial charge in [-0.3, -0.25) is 0 Å². The maximum absolute atomic E-state index is 6.29. The van der Waals surface area contributed by atoms with Gasteiger partial charge in [-0.25, -0.2) is 0 Å². The summed E-state index contributed by atoms with van der Waals surface area (Å²) in [5.74, 6) is 6.40. The molecule has 0 aromatic heterocycles. The average molecular weight is 444 g/mol. The molecule has 0 bridgehead atoms. The molecule has 3 heteroatoms. The number of aliphatic imine (C=N–C) groups is 1. The lowest BCUT2D eigenvalue weighted by Gasteiger charge is -2.05. The van der Waals surface area contributed by atoms with E-state index in [1.807, 2.05) is 19.1 Å². The highest BCUT2D eigenvalue weighted by Gasteiger charge is 2.04. The van der Waals surface area contributed by atoms with Crippen molar-refractivity contribution in [3.63, 3.8) is 0 Å². The molecule has 0 aliphatic carbocycles. The quantitative estimate of drug-likeness (QED) is 0.154. The van der Waals surface area contributed by atoms with Crippen LogP contribution in [0.25, 0.3) is 11.1 Å². The summed E-state index contributed by atoms with van der Waals surface area (Å²) < 4.78 is 0. The number of hydrogen-bond donors (Lipinski definition) is 0. The van der Waals surface area contributed by atoms with Crippen molar-refractivity contribution in [2.45, 2.75) is 46.0 Å². The zero-order valence-electron chi connectivity index (χ0n) is 18.0. The van der Waals surface area contributed by atoms with Crippen molar-refractivity contribution in [3.05, 3.63) is 87.9 Å². The first-order valence-electron chi connectivity index (χ1n) is 10.7. The highest BCUT2D eigenvalue weighted by molar-refractivity contribution is 7.78. The molecule has 0 N–H and O–H groups in total. The Balaban J connectivity index is 1.68. The normalized spacial score (nSPS) is 10.2. The lowest BCUT2D eigenvalue weighted by atomic mass is 10.00. The van der Waals surface area contributed by atoms with E-state index in [0.29, 0.717) is 10.7 Å². The van der Waals surface area contributed by atoms with E-state index in [-0.39, 0.29) is 0 Å². The Labute approximate surface area is 196 Å². The minimum absolute atomic E-state index is 0.533. The van der Waals surface area contributed by atoms with Crippen molar-refractivity contribution in [2.75, 3.05) is 0 Å². The zero-order valence-corrected chi connectivity index (χ0v) is 19.6. The van der Waals surface area contributed by atoms with Crippen LogP contribution < -0.4 is 0 Å². The Kier molecular flexibility index (Phi) is 8.63. The van der Waals surface area contributed by atoms with Crippen LogP contribution in [0.1, 0.15) is 54.9 Å². The van der Waals surface area contributed by atoms with Gasteiger partial charge in [0.05, 0.1) is 15.9 Å². The summed E-state index contributed by atoms with van der Waals surface area (Å²) in [6, 6.07) is 21.0. The van der Waals surface area contributed by atoms with Gasteiger partial charge in [0.15, 0.2) is 0 Å². The molecule has 0 fully saturated rings. The number of benzene rings is 3. The first kappa shape index (κ1) is 23.0. The molecule has 3 aromatic carbocycles. The first-order chi connectivity index (χ1) is 15.1. The number of nitrogens with zero attached hydrogens (tertiary/aromatic N) is 1. The Hall–Kier alpha value is -2.69. The molecule has 0 unspecified atom stereocenters. The molecule has 3 aromatic rings. The number of unbranched alkanes of at least 4 members (excludes halogenated alkanes) is 3. The van der Waals surface area contributed by atoms with Gasteiger partial charge in [-0.05, 0) is 78.5 Å². The second-order valence-electron chi connectivity index (χ2n) is 7.66. The molecule has 0 saturated carbocycles. The summed E-state index contributed by atoms with van der Waals surface area (Å²) in [4.78, 5) is 4.02. The summed E-state index contributed by atoms with van der Waals surface area (Å²) in [5.41, 5.74) is 7.24. The number of halogens is 1. The number of rotatable bonds is 7. The molecule has 0 atom stereocenters. The Morgan fingerprint density at radius 1 is 0.839 bits per heavy atom. The molecule has 0 amide bonds. The van der Waals surface area contributed by atoms with Crippen LogP contribution in [0.5, 0.6) is 0 Å². The van der Waals surface area contributed by atoms with Crippen molar-refractivity contribution < 1.29 is 0 Å². The van der Waals surface area contributed by atoms with Gasteiger partial charge in [-0.2, -0.15) is 4.99 Å². The number of aryl methyl sites for hydroxylation is 2. The van der Waals surface area contributed by atoms with Crippen LogP contribution in [0.3, 0.4) is 0 Å². The maximum atomic E-state index is 6.29. The van der Waals surface area contributed by atoms with E-state index in [1.165, 1.54) is 42.4 Å². The minimum Gasteiger partial charge on any atom is -0.193 e. The third-order valence-electron chi connectivity index (χ3n) is 5.25. The summed E-state index contributed by atoms with van der Waals surface area (Å²) in [6.45, 7) is 4.19. The van der Waals surface area contributed by atoms with Crippen LogP contribution in [-0.4, -0.2) is 5.16 Å². The lowest BCUT2D eigenvalue weighted by molar-refractivity contribution is 0.667. The SMILES string of the molecule is CCCCCCc1ccc(-c2ccc(C#Cc3cc(C)c(N=C=S)c(Cl)c3)cc2)cc1. The van der Waals surface area contributed by atoms with Crippen molar-refractivity contribution in [3.8, 4) is 23.0 Å². The van der Waals surface area contributed by atoms with Crippen molar-refractivity contribution in [2.24, 2.45) is 4.99 Å². The number of hydrogen-bond acceptors (Lipinski definition) is 2. The fourth-order valence-corrected chi connectivity index (χ4v) is 3.91. The standard InChI is InChI=1S/C28H26ClNS/c1-3-4-5-6-7-22-10-14-25(15-11-22)26-16-12-23(13-17-26)8-9-24-18-21(2)28(30-20-31)27(29)19-24/h10-19H,3-7H2,1-2H3. The largest absolute Gasteiger partial charge is 0.193 e. The van der Waals surface area contributed by atoms with E-state index in [0.717, 1.165) is 23.1 Å². The predicted octanol–water partition coefficient (Wildman–Crippen LogP) is 8.57. The molecule has 0 heterocycles. The smallest absolute Gasteiger partial charge is 0.0955 e. The maximum Gasteiger partial charge on any atom is 0.0955 e. The summed E-state index contributed by atoms with van der Waals surface area (Å²) in [5, 5.41) is 2.90. The molecular weight excluding hydrogens is 418 g/mol. The lowest BCUT2D eigenvalue weighted by Crippen LogP contribution is -1.86. The van der Waals surface area contributed by atoms with E-state index in [4.69, 9.17) is 11.6 Å². The van der Waals surface area contributed by atoms with Gasteiger partial charge in [-0.15, -0.1) is 0 Å². The van der Waals surface area contributed by atoms with Gasteiger partial charge in [0, 0.05) is 11.1 Å².